The summed E-state index contributed by atoms with van der Waals surface area (Å²) in [6.07, 6.45) is 5.43. The quantitative estimate of drug-likeness (QED) is 0.768. The van der Waals surface area contributed by atoms with Gasteiger partial charge in [-0.05, 0) is 43.9 Å². The number of hydrogen-bond donors (Lipinski definition) is 2. The van der Waals surface area contributed by atoms with Crippen LogP contribution in [-0.4, -0.2) is 23.5 Å². The molecule has 17 heavy (non-hydrogen) atoms. The number of carboxylic acid groups (broad SMARTS) is 1. The molecule has 2 atom stereocenters. The Kier molecular flexibility index (Phi) is 3.40. The second-order valence-corrected chi connectivity index (χ2v) is 5.62. The van der Waals surface area contributed by atoms with Gasteiger partial charge in [-0.15, -0.1) is 0 Å². The van der Waals surface area contributed by atoms with E-state index in [1.54, 1.807) is 0 Å². The van der Waals surface area contributed by atoms with Crippen molar-refractivity contribution in [2.75, 3.05) is 6.54 Å². The number of aliphatic carboxylic acids is 1. The highest BCUT2D eigenvalue weighted by Gasteiger charge is 2.41. The Balaban J connectivity index is 1.76. The summed E-state index contributed by atoms with van der Waals surface area (Å²) in [7, 11) is 0. The molecule has 2 fully saturated rings. The Morgan fingerprint density at radius 2 is 1.94 bits per heavy atom. The van der Waals surface area contributed by atoms with Crippen molar-refractivity contribution >= 4 is 11.9 Å². The summed E-state index contributed by atoms with van der Waals surface area (Å²) in [6.45, 7) is 2.94. The molecule has 4 heteroatoms. The third kappa shape index (κ3) is 2.79. The Bertz CT molecular complexity index is 323. The van der Waals surface area contributed by atoms with Crippen LogP contribution in [0.1, 0.15) is 45.4 Å². The van der Waals surface area contributed by atoms with E-state index in [4.69, 9.17) is 5.11 Å². The van der Waals surface area contributed by atoms with Gasteiger partial charge in [-0.3, -0.25) is 9.59 Å². The maximum absolute atomic E-state index is 11.9. The van der Waals surface area contributed by atoms with Crippen molar-refractivity contribution in [2.45, 2.75) is 45.4 Å². The second kappa shape index (κ2) is 4.67. The number of carboxylic acids is 1. The lowest BCUT2D eigenvalue weighted by molar-refractivity contribution is -0.141. The van der Waals surface area contributed by atoms with Gasteiger partial charge in [-0.2, -0.15) is 0 Å². The maximum atomic E-state index is 11.9. The van der Waals surface area contributed by atoms with Crippen LogP contribution in [0.15, 0.2) is 0 Å². The summed E-state index contributed by atoms with van der Waals surface area (Å²) < 4.78 is 0. The number of carbonyl (C=O) groups excluding carboxylic acids is 1. The second-order valence-electron chi connectivity index (χ2n) is 5.62. The highest BCUT2D eigenvalue weighted by atomic mass is 16.4. The fraction of sp³-hybridized carbons (Fsp3) is 0.846. The molecule has 2 unspecified atom stereocenters. The van der Waals surface area contributed by atoms with E-state index in [0.29, 0.717) is 18.3 Å². The van der Waals surface area contributed by atoms with Crippen LogP contribution in [0, 0.1) is 17.3 Å². The predicted octanol–water partition coefficient (Wildman–Crippen LogP) is 1.79. The van der Waals surface area contributed by atoms with Crippen LogP contribution >= 0.6 is 0 Å². The molecular weight excluding hydrogens is 218 g/mol. The molecule has 0 radical (unpaired) electrons. The number of hydrogen-bond acceptors (Lipinski definition) is 2. The third-order valence-electron chi connectivity index (χ3n) is 4.50. The lowest BCUT2D eigenvalue weighted by Gasteiger charge is -2.16. The summed E-state index contributed by atoms with van der Waals surface area (Å²) in [5.74, 6) is -1.09. The molecule has 1 amide bonds. The standard InChI is InChI=1S/C13H21NO3/c1-2-13(5-6-13)8-14-11(15)9-3-4-10(7-9)12(16)17/h9-10H,2-8H2,1H3,(H,14,15)(H,16,17). The average Bonchev–Trinajstić information content (AvgIpc) is 2.92. The Morgan fingerprint density at radius 3 is 2.41 bits per heavy atom. The summed E-state index contributed by atoms with van der Waals surface area (Å²) in [5, 5.41) is 11.9. The lowest BCUT2D eigenvalue weighted by Crippen LogP contribution is -2.34. The molecule has 4 nitrogen and oxygen atoms in total. The molecule has 0 bridgehead atoms. The van der Waals surface area contributed by atoms with Crippen molar-refractivity contribution < 1.29 is 14.7 Å². The topological polar surface area (TPSA) is 66.4 Å². The molecular formula is C13H21NO3. The number of rotatable bonds is 5. The van der Waals surface area contributed by atoms with Crippen molar-refractivity contribution in [3.05, 3.63) is 0 Å². The zero-order valence-corrected chi connectivity index (χ0v) is 10.4. The summed E-state index contributed by atoms with van der Waals surface area (Å²) in [4.78, 5) is 22.7. The van der Waals surface area contributed by atoms with E-state index in [1.165, 1.54) is 12.8 Å². The van der Waals surface area contributed by atoms with Gasteiger partial charge in [0.1, 0.15) is 0 Å². The third-order valence-corrected chi connectivity index (χ3v) is 4.50. The molecule has 2 aliphatic rings. The zero-order valence-electron chi connectivity index (χ0n) is 10.4. The largest absolute Gasteiger partial charge is 0.481 e. The van der Waals surface area contributed by atoms with Crippen LogP contribution in [0.3, 0.4) is 0 Å². The zero-order chi connectivity index (χ0) is 12.5. The van der Waals surface area contributed by atoms with Crippen LogP contribution in [0.2, 0.25) is 0 Å². The molecule has 96 valence electrons. The van der Waals surface area contributed by atoms with Crippen LogP contribution in [-0.2, 0) is 9.59 Å². The van der Waals surface area contributed by atoms with E-state index in [0.717, 1.165) is 19.4 Å². The van der Waals surface area contributed by atoms with Gasteiger partial charge in [-0.25, -0.2) is 0 Å². The van der Waals surface area contributed by atoms with Crippen molar-refractivity contribution in [3.63, 3.8) is 0 Å². The van der Waals surface area contributed by atoms with Gasteiger partial charge < -0.3 is 10.4 Å². The van der Waals surface area contributed by atoms with Gasteiger partial charge in [0, 0.05) is 12.5 Å². The normalized spacial score (nSPS) is 29.9. The molecule has 2 rings (SSSR count). The van der Waals surface area contributed by atoms with E-state index in [-0.39, 0.29) is 17.7 Å². The minimum Gasteiger partial charge on any atom is -0.481 e. The minimum atomic E-state index is -0.757. The summed E-state index contributed by atoms with van der Waals surface area (Å²) >= 11 is 0. The Hall–Kier alpha value is -1.06. The molecule has 0 aromatic rings. The fourth-order valence-corrected chi connectivity index (χ4v) is 2.69. The predicted molar refractivity (Wildman–Crippen MR) is 63.4 cm³/mol. The molecule has 0 saturated heterocycles. The molecule has 0 spiro atoms. The van der Waals surface area contributed by atoms with Gasteiger partial charge >= 0.3 is 5.97 Å². The first kappa shape index (κ1) is 12.4. The summed E-state index contributed by atoms with van der Waals surface area (Å²) in [5.41, 5.74) is 0.362. The molecule has 2 saturated carbocycles. The van der Waals surface area contributed by atoms with E-state index in [9.17, 15) is 9.59 Å². The van der Waals surface area contributed by atoms with Crippen molar-refractivity contribution in [1.82, 2.24) is 5.32 Å². The first-order chi connectivity index (χ1) is 8.06. The smallest absolute Gasteiger partial charge is 0.306 e. The fourth-order valence-electron chi connectivity index (χ4n) is 2.69. The minimum absolute atomic E-state index is 0.0634. The number of amides is 1. The van der Waals surface area contributed by atoms with Crippen LogP contribution in [0.5, 0.6) is 0 Å². The SMILES string of the molecule is CCC1(CNC(=O)C2CCC(C(=O)O)C2)CC1. The Morgan fingerprint density at radius 1 is 1.29 bits per heavy atom. The lowest BCUT2D eigenvalue weighted by atomic mass is 10.0. The number of nitrogens with one attached hydrogen (secondary N) is 1. The molecule has 0 heterocycles. The van der Waals surface area contributed by atoms with Crippen molar-refractivity contribution in [1.29, 1.82) is 0 Å². The Labute approximate surface area is 102 Å². The van der Waals surface area contributed by atoms with E-state index in [2.05, 4.69) is 12.2 Å². The van der Waals surface area contributed by atoms with Gasteiger partial charge in [0.25, 0.3) is 0 Å². The van der Waals surface area contributed by atoms with Crippen molar-refractivity contribution in [2.24, 2.45) is 17.3 Å². The number of carbonyl (C=O) groups is 2. The highest BCUT2D eigenvalue weighted by molar-refractivity contribution is 5.80. The van der Waals surface area contributed by atoms with Crippen LogP contribution in [0.4, 0.5) is 0 Å². The molecule has 0 aliphatic heterocycles. The van der Waals surface area contributed by atoms with Crippen molar-refractivity contribution in [3.8, 4) is 0 Å². The van der Waals surface area contributed by atoms with Gasteiger partial charge in [0.15, 0.2) is 0 Å². The van der Waals surface area contributed by atoms with Gasteiger partial charge in [0.2, 0.25) is 5.91 Å². The van der Waals surface area contributed by atoms with E-state index in [1.807, 2.05) is 0 Å². The molecule has 0 aromatic carbocycles. The average molecular weight is 239 g/mol. The first-order valence-electron chi connectivity index (χ1n) is 6.57. The molecule has 2 aliphatic carbocycles. The van der Waals surface area contributed by atoms with Crippen LogP contribution < -0.4 is 5.32 Å². The highest BCUT2D eigenvalue weighted by Crippen LogP contribution is 2.48. The van der Waals surface area contributed by atoms with Crippen LogP contribution in [0.25, 0.3) is 0 Å². The maximum Gasteiger partial charge on any atom is 0.306 e. The van der Waals surface area contributed by atoms with Gasteiger partial charge in [-0.1, -0.05) is 6.92 Å². The van der Waals surface area contributed by atoms with E-state index < -0.39 is 5.97 Å². The monoisotopic (exact) mass is 239 g/mol. The van der Waals surface area contributed by atoms with Gasteiger partial charge in [0.05, 0.1) is 5.92 Å². The molecule has 2 N–H and O–H groups in total. The van der Waals surface area contributed by atoms with E-state index >= 15 is 0 Å². The summed E-state index contributed by atoms with van der Waals surface area (Å²) in [6, 6.07) is 0. The molecule has 0 aromatic heterocycles. The first-order valence-corrected chi connectivity index (χ1v) is 6.57.